The van der Waals surface area contributed by atoms with Crippen molar-refractivity contribution >= 4 is 17.3 Å². The molecule has 1 aromatic rings. The second-order valence-corrected chi connectivity index (χ2v) is 5.22. The first kappa shape index (κ1) is 12.0. The maximum Gasteiger partial charge on any atom is 0.232 e. The van der Waals surface area contributed by atoms with E-state index in [1.807, 2.05) is 31.3 Å². The zero-order chi connectivity index (χ0) is 12.5. The van der Waals surface area contributed by atoms with Crippen LogP contribution < -0.4 is 10.6 Å². The molecule has 0 bridgehead atoms. The van der Waals surface area contributed by atoms with Gasteiger partial charge in [0.05, 0.1) is 0 Å². The highest BCUT2D eigenvalue weighted by Gasteiger charge is 2.38. The molecule has 0 saturated heterocycles. The Balaban J connectivity index is 2.17. The third kappa shape index (κ3) is 2.28. The van der Waals surface area contributed by atoms with E-state index >= 15 is 0 Å². The minimum Gasteiger partial charge on any atom is -0.399 e. The Kier molecular flexibility index (Phi) is 3.09. The summed E-state index contributed by atoms with van der Waals surface area (Å²) in [6.07, 6.45) is 4.34. The molecule has 1 fully saturated rings. The standard InChI is InChI=1S/C14H20N2O/c1-14(9-3-4-10-14)13(17)16(2)12-7-5-11(15)6-8-12/h5-8H,3-4,9-10,15H2,1-2H3. The number of anilines is 2. The summed E-state index contributed by atoms with van der Waals surface area (Å²) in [7, 11) is 1.84. The molecule has 1 aliphatic carbocycles. The predicted octanol–water partition coefficient (Wildman–Crippen LogP) is 2.81. The minimum atomic E-state index is -0.170. The lowest BCUT2D eigenvalue weighted by molar-refractivity contribution is -0.126. The van der Waals surface area contributed by atoms with Gasteiger partial charge in [0.1, 0.15) is 0 Å². The van der Waals surface area contributed by atoms with Crippen molar-refractivity contribution in [3.8, 4) is 0 Å². The van der Waals surface area contributed by atoms with E-state index in [1.165, 1.54) is 0 Å². The van der Waals surface area contributed by atoms with Crippen LogP contribution in [0.2, 0.25) is 0 Å². The number of nitrogens with two attached hydrogens (primary N) is 1. The van der Waals surface area contributed by atoms with Gasteiger partial charge in [-0.25, -0.2) is 0 Å². The average molecular weight is 232 g/mol. The van der Waals surface area contributed by atoms with Crippen molar-refractivity contribution in [2.45, 2.75) is 32.6 Å². The fourth-order valence-corrected chi connectivity index (χ4v) is 2.59. The molecule has 1 aromatic carbocycles. The monoisotopic (exact) mass is 232 g/mol. The van der Waals surface area contributed by atoms with Gasteiger partial charge in [-0.15, -0.1) is 0 Å². The van der Waals surface area contributed by atoms with Crippen molar-refractivity contribution in [1.29, 1.82) is 0 Å². The van der Waals surface area contributed by atoms with Gasteiger partial charge in [0.15, 0.2) is 0 Å². The van der Waals surface area contributed by atoms with Crippen molar-refractivity contribution in [2.75, 3.05) is 17.7 Å². The number of nitrogens with zero attached hydrogens (tertiary/aromatic N) is 1. The fourth-order valence-electron chi connectivity index (χ4n) is 2.59. The van der Waals surface area contributed by atoms with Crippen molar-refractivity contribution in [2.24, 2.45) is 5.41 Å². The Morgan fingerprint density at radius 2 is 1.76 bits per heavy atom. The van der Waals surface area contributed by atoms with Crippen LogP contribution in [0.15, 0.2) is 24.3 Å². The van der Waals surface area contributed by atoms with Crippen molar-refractivity contribution in [3.63, 3.8) is 0 Å². The quantitative estimate of drug-likeness (QED) is 0.797. The summed E-state index contributed by atoms with van der Waals surface area (Å²) in [5.74, 6) is 0.222. The first-order valence-corrected chi connectivity index (χ1v) is 6.17. The largest absolute Gasteiger partial charge is 0.399 e. The maximum atomic E-state index is 12.4. The van der Waals surface area contributed by atoms with Crippen LogP contribution in [0, 0.1) is 5.41 Å². The second-order valence-electron chi connectivity index (χ2n) is 5.22. The summed E-state index contributed by atoms with van der Waals surface area (Å²) in [6.45, 7) is 2.08. The first-order valence-electron chi connectivity index (χ1n) is 6.17. The lowest BCUT2D eigenvalue weighted by atomic mass is 9.87. The molecule has 2 N–H and O–H groups in total. The number of hydrogen-bond acceptors (Lipinski definition) is 2. The molecule has 1 saturated carbocycles. The molecule has 17 heavy (non-hydrogen) atoms. The van der Waals surface area contributed by atoms with E-state index < -0.39 is 0 Å². The molecule has 0 aliphatic heterocycles. The number of amides is 1. The Morgan fingerprint density at radius 3 is 2.29 bits per heavy atom. The van der Waals surface area contributed by atoms with Gasteiger partial charge in [0.2, 0.25) is 5.91 Å². The fraction of sp³-hybridized carbons (Fsp3) is 0.500. The molecule has 2 rings (SSSR count). The Labute approximate surface area is 103 Å². The van der Waals surface area contributed by atoms with Crippen LogP contribution in [-0.4, -0.2) is 13.0 Å². The number of nitrogen functional groups attached to an aromatic ring is 1. The Hall–Kier alpha value is -1.51. The number of carbonyl (C=O) groups is 1. The zero-order valence-electron chi connectivity index (χ0n) is 10.6. The van der Waals surface area contributed by atoms with E-state index in [9.17, 15) is 4.79 Å². The molecule has 92 valence electrons. The van der Waals surface area contributed by atoms with Gasteiger partial charge in [0.25, 0.3) is 0 Å². The van der Waals surface area contributed by atoms with E-state index in [4.69, 9.17) is 5.73 Å². The predicted molar refractivity (Wildman–Crippen MR) is 70.8 cm³/mol. The van der Waals surface area contributed by atoms with E-state index in [2.05, 4.69) is 6.92 Å². The van der Waals surface area contributed by atoms with Gasteiger partial charge in [-0.05, 0) is 37.1 Å². The van der Waals surface area contributed by atoms with Crippen molar-refractivity contribution in [3.05, 3.63) is 24.3 Å². The van der Waals surface area contributed by atoms with Crippen LogP contribution in [0.4, 0.5) is 11.4 Å². The van der Waals surface area contributed by atoms with Crippen LogP contribution in [0.25, 0.3) is 0 Å². The summed E-state index contributed by atoms with van der Waals surface area (Å²) in [6, 6.07) is 7.45. The van der Waals surface area contributed by atoms with Gasteiger partial charge >= 0.3 is 0 Å². The molecule has 3 nitrogen and oxygen atoms in total. The highest BCUT2D eigenvalue weighted by Crippen LogP contribution is 2.39. The molecule has 0 atom stereocenters. The maximum absolute atomic E-state index is 12.4. The van der Waals surface area contributed by atoms with Gasteiger partial charge in [-0.2, -0.15) is 0 Å². The molecule has 3 heteroatoms. The van der Waals surface area contributed by atoms with Gasteiger partial charge in [-0.1, -0.05) is 19.8 Å². The SMILES string of the molecule is CN(C(=O)C1(C)CCCC1)c1ccc(N)cc1. The molecular weight excluding hydrogens is 212 g/mol. The summed E-state index contributed by atoms with van der Waals surface area (Å²) in [4.78, 5) is 14.2. The lowest BCUT2D eigenvalue weighted by Gasteiger charge is -2.29. The van der Waals surface area contributed by atoms with Crippen LogP contribution in [-0.2, 0) is 4.79 Å². The summed E-state index contributed by atoms with van der Waals surface area (Å²) >= 11 is 0. The molecule has 0 radical (unpaired) electrons. The van der Waals surface area contributed by atoms with Crippen molar-refractivity contribution in [1.82, 2.24) is 0 Å². The summed E-state index contributed by atoms with van der Waals surface area (Å²) in [5.41, 5.74) is 7.12. The van der Waals surface area contributed by atoms with Gasteiger partial charge < -0.3 is 10.6 Å². The molecule has 0 heterocycles. The third-order valence-corrected chi connectivity index (χ3v) is 3.81. The number of benzene rings is 1. The average Bonchev–Trinajstić information content (AvgIpc) is 2.76. The highest BCUT2D eigenvalue weighted by atomic mass is 16.2. The van der Waals surface area contributed by atoms with Crippen LogP contribution in [0.3, 0.4) is 0 Å². The van der Waals surface area contributed by atoms with Crippen LogP contribution >= 0.6 is 0 Å². The van der Waals surface area contributed by atoms with Crippen LogP contribution in [0.1, 0.15) is 32.6 Å². The number of carbonyl (C=O) groups excluding carboxylic acids is 1. The van der Waals surface area contributed by atoms with E-state index in [0.29, 0.717) is 0 Å². The number of rotatable bonds is 2. The van der Waals surface area contributed by atoms with Crippen molar-refractivity contribution < 1.29 is 4.79 Å². The summed E-state index contributed by atoms with van der Waals surface area (Å²) < 4.78 is 0. The third-order valence-electron chi connectivity index (χ3n) is 3.81. The smallest absolute Gasteiger partial charge is 0.232 e. The topological polar surface area (TPSA) is 46.3 Å². The molecule has 0 unspecified atom stereocenters. The van der Waals surface area contributed by atoms with E-state index in [0.717, 1.165) is 37.1 Å². The van der Waals surface area contributed by atoms with Gasteiger partial charge in [-0.3, -0.25) is 4.79 Å². The zero-order valence-corrected chi connectivity index (χ0v) is 10.6. The first-order chi connectivity index (χ1) is 8.03. The summed E-state index contributed by atoms with van der Waals surface area (Å²) in [5, 5.41) is 0. The Bertz CT molecular complexity index is 405. The number of hydrogen-bond donors (Lipinski definition) is 1. The Morgan fingerprint density at radius 1 is 1.24 bits per heavy atom. The van der Waals surface area contributed by atoms with E-state index in [1.54, 1.807) is 4.90 Å². The molecule has 0 aromatic heterocycles. The minimum absolute atomic E-state index is 0.170. The van der Waals surface area contributed by atoms with Gasteiger partial charge in [0, 0.05) is 23.8 Å². The molecule has 1 aliphatic rings. The molecule has 1 amide bonds. The molecular formula is C14H20N2O. The second kappa shape index (κ2) is 4.40. The van der Waals surface area contributed by atoms with E-state index in [-0.39, 0.29) is 11.3 Å². The normalized spacial score (nSPS) is 18.0. The lowest BCUT2D eigenvalue weighted by Crippen LogP contribution is -2.38. The molecule has 0 spiro atoms. The highest BCUT2D eigenvalue weighted by molar-refractivity contribution is 5.97. The van der Waals surface area contributed by atoms with Crippen LogP contribution in [0.5, 0.6) is 0 Å².